The first-order valence-electron chi connectivity index (χ1n) is 9.15. The summed E-state index contributed by atoms with van der Waals surface area (Å²) in [7, 11) is -3.71. The molecule has 0 fully saturated rings. The molecule has 0 amide bonds. The van der Waals surface area contributed by atoms with E-state index in [-0.39, 0.29) is 12.1 Å². The lowest BCUT2D eigenvalue weighted by Crippen LogP contribution is -2.28. The second-order valence-corrected chi connectivity index (χ2v) is 9.54. The minimum Gasteiger partial charge on any atom is -0.382 e. The first-order valence-corrected chi connectivity index (χ1v) is 12.1. The topological polar surface area (TPSA) is 82.5 Å². The van der Waals surface area contributed by atoms with Crippen LogP contribution in [0, 0.1) is 0 Å². The van der Waals surface area contributed by atoms with Crippen molar-refractivity contribution in [3.63, 3.8) is 0 Å². The largest absolute Gasteiger partial charge is 0.382 e. The smallest absolute Gasteiger partial charge is 0.313 e. The molecular weight excluding hydrogens is 485 g/mol. The molecule has 3 aromatic rings. The molecule has 1 heterocycles. The standard InChI is InChI=1S/C20H20Cl3N3O4S/c1-31(27,28)30-20-24-8-9-26(20)12-17(29-13-14-2-4-15(21)5-3-14)11-25-16-6-7-18(22)19(23)10-16/h2-10,17,25H,11-13H2,1H3. The molecule has 0 bridgehead atoms. The quantitative estimate of drug-likeness (QED) is 0.396. The van der Waals surface area contributed by atoms with E-state index < -0.39 is 10.1 Å². The van der Waals surface area contributed by atoms with Crippen molar-refractivity contribution in [3.8, 4) is 6.01 Å². The highest BCUT2D eigenvalue weighted by atomic mass is 35.5. The number of halogens is 3. The molecule has 166 valence electrons. The molecule has 1 atom stereocenters. The maximum absolute atomic E-state index is 11.5. The van der Waals surface area contributed by atoms with E-state index >= 15 is 0 Å². The summed E-state index contributed by atoms with van der Waals surface area (Å²) < 4.78 is 35.6. The fourth-order valence-corrected chi connectivity index (χ4v) is 3.52. The molecule has 2 aromatic carbocycles. The van der Waals surface area contributed by atoms with Gasteiger partial charge in [0.05, 0.1) is 35.6 Å². The van der Waals surface area contributed by atoms with Crippen LogP contribution in [0.2, 0.25) is 15.1 Å². The van der Waals surface area contributed by atoms with Crippen LogP contribution in [0.4, 0.5) is 5.69 Å². The second-order valence-electron chi connectivity index (χ2n) is 6.72. The van der Waals surface area contributed by atoms with Crippen molar-refractivity contribution in [2.75, 3.05) is 18.1 Å². The van der Waals surface area contributed by atoms with Crippen molar-refractivity contribution in [2.24, 2.45) is 0 Å². The number of hydrogen-bond acceptors (Lipinski definition) is 6. The van der Waals surface area contributed by atoms with E-state index in [0.717, 1.165) is 17.5 Å². The molecule has 0 aliphatic carbocycles. The second kappa shape index (κ2) is 10.6. The van der Waals surface area contributed by atoms with Crippen LogP contribution in [-0.4, -0.2) is 36.9 Å². The minimum absolute atomic E-state index is 0.0304. The third kappa shape index (κ3) is 7.59. The number of aromatic nitrogens is 2. The molecule has 0 spiro atoms. The van der Waals surface area contributed by atoms with Gasteiger partial charge < -0.3 is 14.2 Å². The highest BCUT2D eigenvalue weighted by Crippen LogP contribution is 2.25. The van der Waals surface area contributed by atoms with Crippen LogP contribution >= 0.6 is 34.8 Å². The van der Waals surface area contributed by atoms with Gasteiger partial charge >= 0.3 is 16.1 Å². The first kappa shape index (κ1) is 23.7. The van der Waals surface area contributed by atoms with Gasteiger partial charge in [-0.25, -0.2) is 4.98 Å². The molecule has 0 aliphatic heterocycles. The van der Waals surface area contributed by atoms with E-state index in [1.807, 2.05) is 12.1 Å². The Morgan fingerprint density at radius 2 is 1.84 bits per heavy atom. The van der Waals surface area contributed by atoms with E-state index in [9.17, 15) is 8.42 Å². The first-order chi connectivity index (χ1) is 14.7. The minimum atomic E-state index is -3.71. The summed E-state index contributed by atoms with van der Waals surface area (Å²) in [5.74, 6) is 0. The summed E-state index contributed by atoms with van der Waals surface area (Å²) in [4.78, 5) is 3.96. The fourth-order valence-electron chi connectivity index (χ4n) is 2.69. The monoisotopic (exact) mass is 503 g/mol. The zero-order chi connectivity index (χ0) is 22.4. The number of rotatable bonds is 10. The molecule has 1 unspecified atom stereocenters. The average Bonchev–Trinajstić information content (AvgIpc) is 3.12. The van der Waals surface area contributed by atoms with E-state index in [0.29, 0.717) is 34.8 Å². The van der Waals surface area contributed by atoms with Gasteiger partial charge in [0, 0.05) is 29.6 Å². The highest BCUT2D eigenvalue weighted by Gasteiger charge is 2.17. The lowest BCUT2D eigenvalue weighted by Gasteiger charge is -2.21. The fraction of sp³-hybridized carbons (Fsp3) is 0.250. The Morgan fingerprint density at radius 1 is 1.10 bits per heavy atom. The summed E-state index contributed by atoms with van der Waals surface area (Å²) >= 11 is 18.0. The molecular formula is C20H20Cl3N3O4S. The van der Waals surface area contributed by atoms with Crippen molar-refractivity contribution in [3.05, 3.63) is 75.5 Å². The van der Waals surface area contributed by atoms with Crippen molar-refractivity contribution in [1.29, 1.82) is 0 Å². The molecule has 0 radical (unpaired) electrons. The number of nitrogens with one attached hydrogen (secondary N) is 1. The van der Waals surface area contributed by atoms with Gasteiger partial charge in [-0.15, -0.1) is 0 Å². The van der Waals surface area contributed by atoms with Crippen LogP contribution in [-0.2, 0) is 28.0 Å². The third-order valence-electron chi connectivity index (χ3n) is 4.16. The lowest BCUT2D eigenvalue weighted by atomic mass is 10.2. The Hall–Kier alpha value is -1.97. The van der Waals surface area contributed by atoms with Crippen LogP contribution < -0.4 is 9.50 Å². The average molecular weight is 505 g/mol. The van der Waals surface area contributed by atoms with Crippen molar-refractivity contribution in [2.45, 2.75) is 19.3 Å². The SMILES string of the molecule is CS(=O)(=O)Oc1nccn1CC(CNc1ccc(Cl)c(Cl)c1)OCc1ccc(Cl)cc1. The van der Waals surface area contributed by atoms with Gasteiger partial charge in [-0.2, -0.15) is 8.42 Å². The van der Waals surface area contributed by atoms with Crippen LogP contribution in [0.15, 0.2) is 54.9 Å². The van der Waals surface area contributed by atoms with Gasteiger partial charge in [0.25, 0.3) is 0 Å². The van der Waals surface area contributed by atoms with Gasteiger partial charge in [-0.05, 0) is 35.9 Å². The van der Waals surface area contributed by atoms with E-state index in [1.54, 1.807) is 41.1 Å². The summed E-state index contributed by atoms with van der Waals surface area (Å²) in [6, 6.07) is 12.5. The summed E-state index contributed by atoms with van der Waals surface area (Å²) in [5, 5.41) is 4.79. The molecule has 7 nitrogen and oxygen atoms in total. The van der Waals surface area contributed by atoms with Crippen LogP contribution in [0.3, 0.4) is 0 Å². The van der Waals surface area contributed by atoms with Crippen molar-refractivity contribution in [1.82, 2.24) is 9.55 Å². The van der Waals surface area contributed by atoms with E-state index in [1.165, 1.54) is 6.20 Å². The van der Waals surface area contributed by atoms with Crippen LogP contribution in [0.1, 0.15) is 5.56 Å². The summed E-state index contributed by atoms with van der Waals surface area (Å²) in [6.45, 7) is 1.04. The van der Waals surface area contributed by atoms with E-state index in [4.69, 9.17) is 43.7 Å². The van der Waals surface area contributed by atoms with Crippen LogP contribution in [0.25, 0.3) is 0 Å². The zero-order valence-corrected chi connectivity index (χ0v) is 19.5. The van der Waals surface area contributed by atoms with Gasteiger partial charge in [-0.1, -0.05) is 46.9 Å². The number of imidazole rings is 1. The molecule has 31 heavy (non-hydrogen) atoms. The number of anilines is 1. The summed E-state index contributed by atoms with van der Waals surface area (Å²) in [6.07, 6.45) is 3.69. The van der Waals surface area contributed by atoms with E-state index in [2.05, 4.69) is 10.3 Å². The zero-order valence-electron chi connectivity index (χ0n) is 16.5. The Kier molecular flexibility index (Phi) is 8.07. The predicted molar refractivity (Wildman–Crippen MR) is 123 cm³/mol. The summed E-state index contributed by atoms with van der Waals surface area (Å²) in [5.41, 5.74) is 1.72. The van der Waals surface area contributed by atoms with Crippen molar-refractivity contribution >= 4 is 50.6 Å². The van der Waals surface area contributed by atoms with Crippen LogP contribution in [0.5, 0.6) is 6.01 Å². The number of nitrogens with zero attached hydrogens (tertiary/aromatic N) is 2. The maximum atomic E-state index is 11.5. The third-order valence-corrected chi connectivity index (χ3v) is 5.60. The molecule has 0 saturated carbocycles. The predicted octanol–water partition coefficient (Wildman–Crippen LogP) is 4.88. The van der Waals surface area contributed by atoms with Gasteiger partial charge in [0.2, 0.25) is 0 Å². The number of ether oxygens (including phenoxy) is 1. The van der Waals surface area contributed by atoms with Gasteiger partial charge in [0.1, 0.15) is 0 Å². The number of hydrogen-bond donors (Lipinski definition) is 1. The number of benzene rings is 2. The molecule has 1 N–H and O–H groups in total. The molecule has 3 rings (SSSR count). The molecule has 0 aliphatic rings. The van der Waals surface area contributed by atoms with Crippen molar-refractivity contribution < 1.29 is 17.3 Å². The Morgan fingerprint density at radius 3 is 2.52 bits per heavy atom. The lowest BCUT2D eigenvalue weighted by molar-refractivity contribution is 0.0370. The van der Waals surface area contributed by atoms with Gasteiger partial charge in [0.15, 0.2) is 0 Å². The maximum Gasteiger partial charge on any atom is 0.313 e. The highest BCUT2D eigenvalue weighted by molar-refractivity contribution is 7.86. The molecule has 11 heteroatoms. The normalized spacial score (nSPS) is 12.5. The van der Waals surface area contributed by atoms with Gasteiger partial charge in [-0.3, -0.25) is 4.57 Å². The Labute approximate surface area is 196 Å². The molecule has 1 aromatic heterocycles. The Bertz CT molecular complexity index is 1120. The molecule has 0 saturated heterocycles. The Balaban J connectivity index is 1.72.